The second kappa shape index (κ2) is 8.50. The Morgan fingerprint density at radius 3 is 2.03 bits per heavy atom. The van der Waals surface area contributed by atoms with Gasteiger partial charge in [-0.1, -0.05) is 53.6 Å². The van der Waals surface area contributed by atoms with Gasteiger partial charge in [-0.25, -0.2) is 0 Å². The zero-order valence-corrected chi connectivity index (χ0v) is 19.4. The summed E-state index contributed by atoms with van der Waals surface area (Å²) in [7, 11) is 3.89. The zero-order chi connectivity index (χ0) is 22.9. The summed E-state index contributed by atoms with van der Waals surface area (Å²) in [4.78, 5) is 9.14. The van der Waals surface area contributed by atoms with Crippen molar-refractivity contribution >= 4 is 17.2 Å². The zero-order valence-electron chi connectivity index (χ0n) is 19.4. The van der Waals surface area contributed by atoms with Crippen molar-refractivity contribution in [2.75, 3.05) is 25.5 Å². The van der Waals surface area contributed by atoms with Gasteiger partial charge in [0, 0.05) is 25.3 Å². The summed E-state index contributed by atoms with van der Waals surface area (Å²) in [6, 6.07) is 26.3. The molecule has 0 aromatic heterocycles. The minimum absolute atomic E-state index is 0.453. The monoisotopic (exact) mass is 426 g/mol. The summed E-state index contributed by atoms with van der Waals surface area (Å²) in [6.07, 6.45) is 0. The SMILES string of the molecule is C/C(=N\C1(c2ccccc2)N(c2ccc(C)cc2)CC(c2ccc(C)cc2)=[N+]1[O-])N(C)C. The topological polar surface area (TPSA) is 44.9 Å². The van der Waals surface area contributed by atoms with Gasteiger partial charge in [0.1, 0.15) is 12.4 Å². The first kappa shape index (κ1) is 21.6. The van der Waals surface area contributed by atoms with Gasteiger partial charge in [0.05, 0.1) is 5.56 Å². The summed E-state index contributed by atoms with van der Waals surface area (Å²) in [5.74, 6) is -0.470. The van der Waals surface area contributed by atoms with E-state index >= 15 is 0 Å². The molecule has 164 valence electrons. The maximum absolute atomic E-state index is 14.2. The number of aryl methyl sites for hydroxylation is 2. The van der Waals surface area contributed by atoms with Crippen LogP contribution >= 0.6 is 0 Å². The second-order valence-corrected chi connectivity index (χ2v) is 8.58. The molecule has 0 aliphatic carbocycles. The largest absolute Gasteiger partial charge is 0.620 e. The molecule has 3 aromatic carbocycles. The van der Waals surface area contributed by atoms with Gasteiger partial charge in [-0.2, -0.15) is 9.73 Å². The van der Waals surface area contributed by atoms with Crippen molar-refractivity contribution in [3.8, 4) is 0 Å². The number of anilines is 1. The Morgan fingerprint density at radius 2 is 1.47 bits per heavy atom. The maximum atomic E-state index is 14.2. The molecule has 0 N–H and O–H groups in total. The predicted molar refractivity (Wildman–Crippen MR) is 132 cm³/mol. The van der Waals surface area contributed by atoms with Crippen LogP contribution in [0.15, 0.2) is 83.9 Å². The molecule has 1 aliphatic heterocycles. The fourth-order valence-corrected chi connectivity index (χ4v) is 4.00. The van der Waals surface area contributed by atoms with Crippen LogP contribution in [0.3, 0.4) is 0 Å². The molecular formula is C27H30N4O. The summed E-state index contributed by atoms with van der Waals surface area (Å²) in [6.45, 7) is 6.51. The van der Waals surface area contributed by atoms with Crippen LogP contribution < -0.4 is 4.90 Å². The number of amidine groups is 1. The molecule has 1 heterocycles. The number of aliphatic imine (C=N–C) groups is 1. The quantitative estimate of drug-likeness (QED) is 0.258. The third-order valence-corrected chi connectivity index (χ3v) is 6.07. The molecular weight excluding hydrogens is 396 g/mol. The Bertz CT molecular complexity index is 1150. The molecule has 1 aliphatic rings. The molecule has 5 nitrogen and oxygen atoms in total. The first-order valence-electron chi connectivity index (χ1n) is 10.9. The molecule has 32 heavy (non-hydrogen) atoms. The van der Waals surface area contributed by atoms with Crippen molar-refractivity contribution < 1.29 is 4.74 Å². The fourth-order valence-electron chi connectivity index (χ4n) is 4.00. The average molecular weight is 427 g/mol. The summed E-state index contributed by atoms with van der Waals surface area (Å²) in [5, 5.41) is 14.2. The normalized spacial score (nSPS) is 18.9. The highest BCUT2D eigenvalue weighted by Gasteiger charge is 2.55. The van der Waals surface area contributed by atoms with Gasteiger partial charge in [-0.05, 0) is 57.2 Å². The standard InChI is InChI=1S/C27H30N4O/c1-20-11-15-23(16-12-20)26-19-30(25-17-13-21(2)14-18-25)27(31(26)32,28-22(3)29(4)5)24-9-7-6-8-10-24/h6-18H,19H2,1-5H3/b28-22+. The molecule has 0 saturated carbocycles. The molecule has 5 heteroatoms. The highest BCUT2D eigenvalue weighted by Crippen LogP contribution is 2.40. The highest BCUT2D eigenvalue weighted by molar-refractivity contribution is 6.02. The second-order valence-electron chi connectivity index (χ2n) is 8.58. The molecule has 3 aromatic rings. The van der Waals surface area contributed by atoms with Gasteiger partial charge >= 0.3 is 5.79 Å². The number of rotatable bonds is 4. The van der Waals surface area contributed by atoms with E-state index in [2.05, 4.69) is 43.0 Å². The van der Waals surface area contributed by atoms with Gasteiger partial charge < -0.3 is 10.1 Å². The Hall–Kier alpha value is -3.60. The van der Waals surface area contributed by atoms with Gasteiger partial charge in [0.25, 0.3) is 0 Å². The van der Waals surface area contributed by atoms with E-state index in [9.17, 15) is 5.21 Å². The molecule has 0 amide bonds. The van der Waals surface area contributed by atoms with E-state index in [-0.39, 0.29) is 0 Å². The maximum Gasteiger partial charge on any atom is 0.378 e. The Labute approximate surface area is 190 Å². The van der Waals surface area contributed by atoms with Crippen LogP contribution in [0.2, 0.25) is 0 Å². The Balaban J connectivity index is 2.01. The van der Waals surface area contributed by atoms with Crippen LogP contribution in [0.1, 0.15) is 29.2 Å². The van der Waals surface area contributed by atoms with Crippen molar-refractivity contribution in [2.45, 2.75) is 26.6 Å². The van der Waals surface area contributed by atoms with E-state index in [4.69, 9.17) is 4.99 Å². The van der Waals surface area contributed by atoms with Crippen LogP contribution in [0.25, 0.3) is 0 Å². The van der Waals surface area contributed by atoms with E-state index in [0.717, 1.165) is 33.0 Å². The van der Waals surface area contributed by atoms with Crippen LogP contribution in [0.4, 0.5) is 5.69 Å². The summed E-state index contributed by atoms with van der Waals surface area (Å²) in [5.41, 5.74) is 5.74. The molecule has 4 rings (SSSR count). The van der Waals surface area contributed by atoms with Crippen LogP contribution in [-0.4, -0.2) is 41.8 Å². The van der Waals surface area contributed by atoms with Crippen LogP contribution in [0.5, 0.6) is 0 Å². The minimum Gasteiger partial charge on any atom is -0.620 e. The lowest BCUT2D eigenvalue weighted by Gasteiger charge is -2.34. The summed E-state index contributed by atoms with van der Waals surface area (Å²) >= 11 is 0. The lowest BCUT2D eigenvalue weighted by atomic mass is 10.1. The fraction of sp³-hybridized carbons (Fsp3) is 0.259. The Kier molecular flexibility index (Phi) is 5.74. The number of nitrogens with zero attached hydrogens (tertiary/aromatic N) is 4. The van der Waals surface area contributed by atoms with E-state index in [1.165, 1.54) is 5.56 Å². The molecule has 0 spiro atoms. The molecule has 1 atom stereocenters. The van der Waals surface area contributed by atoms with E-state index in [1.807, 2.05) is 80.5 Å². The number of hydrogen-bond acceptors (Lipinski definition) is 3. The molecule has 0 fully saturated rings. The van der Waals surface area contributed by atoms with Crippen molar-refractivity contribution in [1.82, 2.24) is 4.90 Å². The average Bonchev–Trinajstić information content (AvgIpc) is 3.08. The first-order chi connectivity index (χ1) is 15.3. The van der Waals surface area contributed by atoms with E-state index in [0.29, 0.717) is 12.3 Å². The lowest BCUT2D eigenvalue weighted by molar-refractivity contribution is -0.547. The molecule has 0 bridgehead atoms. The molecule has 1 unspecified atom stereocenters. The van der Waals surface area contributed by atoms with E-state index in [1.54, 1.807) is 0 Å². The molecule has 0 saturated heterocycles. The van der Waals surface area contributed by atoms with Crippen LogP contribution in [-0.2, 0) is 5.79 Å². The third kappa shape index (κ3) is 3.75. The molecule has 0 radical (unpaired) electrons. The smallest absolute Gasteiger partial charge is 0.378 e. The van der Waals surface area contributed by atoms with Gasteiger partial charge in [0.15, 0.2) is 0 Å². The van der Waals surface area contributed by atoms with Crippen molar-refractivity contribution in [3.63, 3.8) is 0 Å². The highest BCUT2D eigenvalue weighted by atomic mass is 16.5. The number of hydroxylamine groups is 1. The lowest BCUT2D eigenvalue weighted by Crippen LogP contribution is -2.48. The third-order valence-electron chi connectivity index (χ3n) is 6.07. The van der Waals surface area contributed by atoms with E-state index < -0.39 is 5.79 Å². The van der Waals surface area contributed by atoms with Crippen LogP contribution in [0, 0.1) is 19.1 Å². The Morgan fingerprint density at radius 1 is 0.906 bits per heavy atom. The summed E-state index contributed by atoms with van der Waals surface area (Å²) < 4.78 is 1.10. The van der Waals surface area contributed by atoms with Gasteiger partial charge in [-0.15, -0.1) is 0 Å². The number of benzene rings is 3. The van der Waals surface area contributed by atoms with Crippen molar-refractivity contribution in [2.24, 2.45) is 4.99 Å². The predicted octanol–water partition coefficient (Wildman–Crippen LogP) is 4.91. The van der Waals surface area contributed by atoms with Gasteiger partial charge in [-0.3, -0.25) is 4.90 Å². The van der Waals surface area contributed by atoms with Crippen molar-refractivity contribution in [3.05, 3.63) is 106 Å². The van der Waals surface area contributed by atoms with Gasteiger partial charge in [0.2, 0.25) is 5.71 Å². The first-order valence-corrected chi connectivity index (χ1v) is 10.9. The minimum atomic E-state index is -1.24. The van der Waals surface area contributed by atoms with Crippen molar-refractivity contribution in [1.29, 1.82) is 0 Å². The number of hydrogen-bond donors (Lipinski definition) is 0.